The Labute approximate surface area is 132 Å². The molecule has 0 amide bonds. The van der Waals surface area contributed by atoms with Crippen molar-refractivity contribution in [3.63, 3.8) is 0 Å². The summed E-state index contributed by atoms with van der Waals surface area (Å²) in [5.41, 5.74) is 1.86. The summed E-state index contributed by atoms with van der Waals surface area (Å²) in [4.78, 5) is 0. The predicted octanol–water partition coefficient (Wildman–Crippen LogP) is 3.90. The van der Waals surface area contributed by atoms with Crippen molar-refractivity contribution >= 4 is 15.9 Å². The minimum atomic E-state index is -0.242. The first-order valence-electron chi connectivity index (χ1n) is 6.49. The monoisotopic (exact) mass is 353 g/mol. The lowest BCUT2D eigenvalue weighted by atomic mass is 10.1. The summed E-state index contributed by atoms with van der Waals surface area (Å²) in [5, 5.41) is 3.28. The van der Waals surface area contributed by atoms with E-state index in [0.29, 0.717) is 13.1 Å². The zero-order chi connectivity index (χ0) is 15.2. The lowest BCUT2D eigenvalue weighted by Gasteiger charge is -2.12. The van der Waals surface area contributed by atoms with Crippen molar-refractivity contribution in [3.05, 3.63) is 57.8 Å². The molecular weight excluding hydrogens is 337 g/mol. The van der Waals surface area contributed by atoms with E-state index < -0.39 is 0 Å². The third-order valence-electron chi connectivity index (χ3n) is 3.13. The lowest BCUT2D eigenvalue weighted by Crippen LogP contribution is -2.14. The van der Waals surface area contributed by atoms with E-state index in [1.807, 2.05) is 18.2 Å². The number of methoxy groups -OCH3 is 2. The highest BCUT2D eigenvalue weighted by Gasteiger charge is 2.06. The average molecular weight is 354 g/mol. The Bertz CT molecular complexity index is 619. The Hall–Kier alpha value is -1.59. The molecule has 1 N–H and O–H groups in total. The smallest absolute Gasteiger partial charge is 0.123 e. The number of benzene rings is 2. The molecule has 0 fully saturated rings. The Morgan fingerprint density at radius 2 is 1.76 bits per heavy atom. The first kappa shape index (κ1) is 15.8. The van der Waals surface area contributed by atoms with Crippen LogP contribution in [0, 0.1) is 5.82 Å². The van der Waals surface area contributed by atoms with Gasteiger partial charge in [-0.3, -0.25) is 0 Å². The van der Waals surface area contributed by atoms with E-state index in [-0.39, 0.29) is 5.82 Å². The molecule has 0 saturated heterocycles. The average Bonchev–Trinajstić information content (AvgIpc) is 2.50. The van der Waals surface area contributed by atoms with Crippen LogP contribution in [-0.4, -0.2) is 14.2 Å². The number of nitrogens with one attached hydrogen (secondary N) is 1. The van der Waals surface area contributed by atoms with E-state index in [0.717, 1.165) is 27.1 Å². The predicted molar refractivity (Wildman–Crippen MR) is 84.2 cm³/mol. The van der Waals surface area contributed by atoms with E-state index in [4.69, 9.17) is 9.47 Å². The fraction of sp³-hybridized carbons (Fsp3) is 0.250. The van der Waals surface area contributed by atoms with Crippen LogP contribution in [0.15, 0.2) is 40.9 Å². The highest BCUT2D eigenvalue weighted by Crippen LogP contribution is 2.24. The molecule has 0 saturated carbocycles. The highest BCUT2D eigenvalue weighted by molar-refractivity contribution is 9.10. The van der Waals surface area contributed by atoms with E-state index in [9.17, 15) is 4.39 Å². The molecule has 2 aromatic carbocycles. The third-order valence-corrected chi connectivity index (χ3v) is 3.90. The fourth-order valence-electron chi connectivity index (χ4n) is 2.03. The molecule has 0 unspecified atom stereocenters. The first-order chi connectivity index (χ1) is 10.1. The quantitative estimate of drug-likeness (QED) is 0.854. The van der Waals surface area contributed by atoms with Gasteiger partial charge in [0.2, 0.25) is 0 Å². The van der Waals surface area contributed by atoms with Crippen molar-refractivity contribution in [2.75, 3.05) is 14.2 Å². The largest absolute Gasteiger partial charge is 0.497 e. The molecule has 5 heteroatoms. The van der Waals surface area contributed by atoms with Gasteiger partial charge in [0.05, 0.1) is 14.2 Å². The Balaban J connectivity index is 2.04. The molecule has 2 rings (SSSR count). The van der Waals surface area contributed by atoms with Crippen LogP contribution >= 0.6 is 15.9 Å². The molecule has 0 bridgehead atoms. The van der Waals surface area contributed by atoms with Crippen molar-refractivity contribution < 1.29 is 13.9 Å². The molecule has 0 aromatic heterocycles. The SMILES string of the molecule is COc1ccc(OC)c(CNCc2cc(F)ccc2Br)c1. The van der Waals surface area contributed by atoms with Gasteiger partial charge in [-0.25, -0.2) is 4.39 Å². The van der Waals surface area contributed by atoms with Crippen LogP contribution in [0.1, 0.15) is 11.1 Å². The third kappa shape index (κ3) is 4.19. The maximum absolute atomic E-state index is 13.2. The van der Waals surface area contributed by atoms with Crippen LogP contribution < -0.4 is 14.8 Å². The van der Waals surface area contributed by atoms with Crippen molar-refractivity contribution in [1.29, 1.82) is 0 Å². The Morgan fingerprint density at radius 1 is 1.00 bits per heavy atom. The summed E-state index contributed by atoms with van der Waals surface area (Å²) in [6.45, 7) is 1.15. The van der Waals surface area contributed by atoms with Crippen molar-refractivity contribution in [2.45, 2.75) is 13.1 Å². The minimum absolute atomic E-state index is 0.242. The van der Waals surface area contributed by atoms with Crippen LogP contribution in [0.5, 0.6) is 11.5 Å². The molecule has 0 spiro atoms. The normalized spacial score (nSPS) is 10.5. The maximum atomic E-state index is 13.2. The molecule has 2 aromatic rings. The van der Waals surface area contributed by atoms with Crippen LogP contribution in [0.4, 0.5) is 4.39 Å². The first-order valence-corrected chi connectivity index (χ1v) is 7.29. The van der Waals surface area contributed by atoms with Crippen molar-refractivity contribution in [3.8, 4) is 11.5 Å². The number of hydrogen-bond donors (Lipinski definition) is 1. The number of hydrogen-bond acceptors (Lipinski definition) is 3. The van der Waals surface area contributed by atoms with Gasteiger partial charge in [-0.15, -0.1) is 0 Å². The van der Waals surface area contributed by atoms with E-state index in [1.165, 1.54) is 12.1 Å². The highest BCUT2D eigenvalue weighted by atomic mass is 79.9. The second-order valence-corrected chi connectivity index (χ2v) is 5.37. The zero-order valence-corrected chi connectivity index (χ0v) is 13.5. The van der Waals surface area contributed by atoms with Gasteiger partial charge in [0.15, 0.2) is 0 Å². The minimum Gasteiger partial charge on any atom is -0.497 e. The molecule has 0 radical (unpaired) electrons. The van der Waals surface area contributed by atoms with Gasteiger partial charge in [-0.05, 0) is 42.0 Å². The standard InChI is InChI=1S/C16H17BrFNO2/c1-20-14-4-6-16(21-2)12(8-14)10-19-9-11-7-13(18)3-5-15(11)17/h3-8,19H,9-10H2,1-2H3. The van der Waals surface area contributed by atoms with Crippen LogP contribution in [0.25, 0.3) is 0 Å². The zero-order valence-electron chi connectivity index (χ0n) is 12.0. The van der Waals surface area contributed by atoms with Gasteiger partial charge < -0.3 is 14.8 Å². The molecule has 21 heavy (non-hydrogen) atoms. The van der Waals surface area contributed by atoms with Crippen LogP contribution in [-0.2, 0) is 13.1 Å². The molecule has 3 nitrogen and oxygen atoms in total. The molecule has 0 atom stereocenters. The molecule has 0 aliphatic heterocycles. The summed E-state index contributed by atoms with van der Waals surface area (Å²) in [5.74, 6) is 1.33. The number of ether oxygens (including phenoxy) is 2. The number of rotatable bonds is 6. The summed E-state index contributed by atoms with van der Waals surface area (Å²) in [6, 6.07) is 10.3. The maximum Gasteiger partial charge on any atom is 0.123 e. The van der Waals surface area contributed by atoms with E-state index in [1.54, 1.807) is 20.3 Å². The van der Waals surface area contributed by atoms with Gasteiger partial charge in [-0.2, -0.15) is 0 Å². The number of halogens is 2. The topological polar surface area (TPSA) is 30.5 Å². The van der Waals surface area contributed by atoms with Crippen molar-refractivity contribution in [1.82, 2.24) is 5.32 Å². The van der Waals surface area contributed by atoms with Gasteiger partial charge >= 0.3 is 0 Å². The molecule has 0 aliphatic carbocycles. The molecule has 0 heterocycles. The summed E-state index contributed by atoms with van der Waals surface area (Å²) >= 11 is 3.42. The summed E-state index contributed by atoms with van der Waals surface area (Å²) in [7, 11) is 3.26. The van der Waals surface area contributed by atoms with Crippen LogP contribution in [0.2, 0.25) is 0 Å². The van der Waals surface area contributed by atoms with Gasteiger partial charge in [0.1, 0.15) is 17.3 Å². The van der Waals surface area contributed by atoms with Crippen LogP contribution in [0.3, 0.4) is 0 Å². The summed E-state index contributed by atoms with van der Waals surface area (Å²) < 4.78 is 24.7. The Kier molecular flexibility index (Phi) is 5.59. The molecular formula is C16H17BrFNO2. The Morgan fingerprint density at radius 3 is 2.48 bits per heavy atom. The lowest BCUT2D eigenvalue weighted by molar-refractivity contribution is 0.397. The van der Waals surface area contributed by atoms with Crippen molar-refractivity contribution in [2.24, 2.45) is 0 Å². The summed E-state index contributed by atoms with van der Waals surface area (Å²) in [6.07, 6.45) is 0. The van der Waals surface area contributed by atoms with E-state index in [2.05, 4.69) is 21.2 Å². The van der Waals surface area contributed by atoms with Gasteiger partial charge in [0, 0.05) is 23.1 Å². The fourth-order valence-corrected chi connectivity index (χ4v) is 2.42. The second kappa shape index (κ2) is 7.43. The molecule has 0 aliphatic rings. The second-order valence-electron chi connectivity index (χ2n) is 4.52. The van der Waals surface area contributed by atoms with E-state index >= 15 is 0 Å². The molecule has 112 valence electrons. The van der Waals surface area contributed by atoms with Gasteiger partial charge in [-0.1, -0.05) is 15.9 Å². The van der Waals surface area contributed by atoms with Gasteiger partial charge in [0.25, 0.3) is 0 Å².